The molecule has 4 aromatic carbocycles. The number of benzene rings is 4. The van der Waals surface area contributed by atoms with Crippen LogP contribution in [0.15, 0.2) is 94.0 Å². The molecule has 2 N–H and O–H groups in total. The summed E-state index contributed by atoms with van der Waals surface area (Å²) >= 11 is 12.8. The van der Waals surface area contributed by atoms with E-state index in [1.807, 2.05) is 64.1 Å². The molecule has 288 valence electrons. The molecule has 0 atom stereocenters. The fraction of sp³-hybridized carbons (Fsp3) is 0.190. The minimum Gasteiger partial charge on any atom is -0.489 e. The summed E-state index contributed by atoms with van der Waals surface area (Å²) in [5.41, 5.74) is 5.17. The number of nitrogens with zero attached hydrogens (tertiary/aromatic N) is 4. The molecule has 0 aliphatic heterocycles. The molecule has 4 heterocycles. The van der Waals surface area contributed by atoms with Gasteiger partial charge in [0.2, 0.25) is 11.6 Å². The lowest BCUT2D eigenvalue weighted by Gasteiger charge is -2.11. The van der Waals surface area contributed by atoms with Crippen LogP contribution < -0.4 is 9.47 Å². The van der Waals surface area contributed by atoms with Gasteiger partial charge in [-0.05, 0) is 119 Å². The molecule has 0 fully saturated rings. The average Bonchev–Trinajstić information content (AvgIpc) is 4.01. The van der Waals surface area contributed by atoms with Crippen LogP contribution in [-0.4, -0.2) is 54.4 Å². The number of H-pyrrole nitrogens is 2. The summed E-state index contributed by atoms with van der Waals surface area (Å²) in [6.07, 6.45) is 0.268. The number of rotatable bonds is 12. The first kappa shape index (κ1) is 37.5. The molecule has 0 spiro atoms. The number of ether oxygens (including phenoxy) is 3. The Bertz CT molecular complexity index is 2780. The van der Waals surface area contributed by atoms with E-state index in [0.29, 0.717) is 73.1 Å². The fourth-order valence-electron chi connectivity index (χ4n) is 6.18. The average molecular weight is 806 g/mol. The van der Waals surface area contributed by atoms with E-state index in [2.05, 4.69) is 30.2 Å². The topological polar surface area (TPSA) is 171 Å². The van der Waals surface area contributed by atoms with Crippen molar-refractivity contribution in [3.63, 3.8) is 0 Å². The van der Waals surface area contributed by atoms with Gasteiger partial charge in [-0.15, -0.1) is 0 Å². The third-order valence-electron chi connectivity index (χ3n) is 8.77. The number of fused-ring (bicyclic) bond motifs is 2. The van der Waals surface area contributed by atoms with Crippen molar-refractivity contribution >= 4 is 56.9 Å². The van der Waals surface area contributed by atoms with Crippen LogP contribution >= 0.6 is 23.2 Å². The van der Waals surface area contributed by atoms with E-state index in [4.69, 9.17) is 46.5 Å². The minimum absolute atomic E-state index is 0.0121. The van der Waals surface area contributed by atoms with Gasteiger partial charge in [0.15, 0.2) is 0 Å². The fourth-order valence-corrected chi connectivity index (χ4v) is 6.63. The van der Waals surface area contributed by atoms with Crippen LogP contribution in [0.4, 0.5) is 0 Å². The molecule has 0 amide bonds. The van der Waals surface area contributed by atoms with Gasteiger partial charge in [0.05, 0.1) is 28.7 Å². The number of aromatic amines is 2. The van der Waals surface area contributed by atoms with Gasteiger partial charge in [-0.3, -0.25) is 4.79 Å². The second-order valence-corrected chi connectivity index (χ2v) is 14.6. The summed E-state index contributed by atoms with van der Waals surface area (Å²) < 4.78 is 27.6. The second kappa shape index (κ2) is 15.6. The molecule has 0 radical (unpaired) electrons. The number of carbonyl (C=O) groups excluding carboxylic acids is 2. The summed E-state index contributed by atoms with van der Waals surface area (Å²) in [6, 6.07) is 25.2. The van der Waals surface area contributed by atoms with Gasteiger partial charge in [0, 0.05) is 49.8 Å². The van der Waals surface area contributed by atoms with Gasteiger partial charge in [0.1, 0.15) is 17.2 Å². The van der Waals surface area contributed by atoms with Crippen molar-refractivity contribution in [3.05, 3.63) is 106 Å². The van der Waals surface area contributed by atoms with Gasteiger partial charge in [-0.2, -0.15) is 9.97 Å². The molecular weight excluding hydrogens is 771 g/mol. The molecular formula is C42H34Cl2N6O7. The van der Waals surface area contributed by atoms with Gasteiger partial charge in [-0.25, -0.2) is 4.79 Å². The van der Waals surface area contributed by atoms with Crippen molar-refractivity contribution in [3.8, 4) is 57.2 Å². The van der Waals surface area contributed by atoms with Crippen molar-refractivity contribution in [2.45, 2.75) is 52.7 Å². The Kier molecular flexibility index (Phi) is 10.3. The number of hydrogen-bond acceptors (Lipinski definition) is 11. The van der Waals surface area contributed by atoms with E-state index < -0.39 is 11.9 Å². The Hall–Kier alpha value is -6.44. The van der Waals surface area contributed by atoms with Crippen LogP contribution in [0.25, 0.3) is 67.5 Å². The number of hydrogen-bond donors (Lipinski definition) is 2. The van der Waals surface area contributed by atoms with E-state index >= 15 is 0 Å². The van der Waals surface area contributed by atoms with Gasteiger partial charge < -0.3 is 33.2 Å². The van der Waals surface area contributed by atoms with E-state index in [1.165, 1.54) is 0 Å². The van der Waals surface area contributed by atoms with Crippen molar-refractivity contribution in [2.75, 3.05) is 0 Å². The molecule has 0 aliphatic rings. The quantitative estimate of drug-likeness (QED) is 0.0889. The number of aromatic nitrogens is 6. The monoisotopic (exact) mass is 804 g/mol. The number of halogens is 2. The zero-order valence-electron chi connectivity index (χ0n) is 31.1. The van der Waals surface area contributed by atoms with Crippen LogP contribution in [0.3, 0.4) is 0 Å². The highest BCUT2D eigenvalue weighted by Crippen LogP contribution is 2.34. The molecule has 0 aliphatic carbocycles. The lowest BCUT2D eigenvalue weighted by Crippen LogP contribution is -2.13. The van der Waals surface area contributed by atoms with E-state index in [0.717, 1.165) is 22.2 Å². The van der Waals surface area contributed by atoms with Crippen LogP contribution in [0, 0.1) is 0 Å². The van der Waals surface area contributed by atoms with Crippen molar-refractivity contribution in [2.24, 2.45) is 0 Å². The molecule has 8 aromatic rings. The molecule has 0 bridgehead atoms. The van der Waals surface area contributed by atoms with E-state index in [-0.39, 0.29) is 30.2 Å². The Morgan fingerprint density at radius 3 is 1.68 bits per heavy atom. The summed E-state index contributed by atoms with van der Waals surface area (Å²) in [7, 11) is 0. The molecule has 57 heavy (non-hydrogen) atoms. The summed E-state index contributed by atoms with van der Waals surface area (Å²) in [4.78, 5) is 41.1. The van der Waals surface area contributed by atoms with Gasteiger partial charge in [-0.1, -0.05) is 33.5 Å². The largest absolute Gasteiger partial charge is 0.489 e. The first-order chi connectivity index (χ1) is 27.4. The van der Waals surface area contributed by atoms with Gasteiger partial charge in [0.25, 0.3) is 11.8 Å². The maximum atomic E-state index is 13.0. The Morgan fingerprint density at radius 1 is 0.649 bits per heavy atom. The highest BCUT2D eigenvalue weighted by Gasteiger charge is 2.19. The van der Waals surface area contributed by atoms with Crippen LogP contribution in [0.2, 0.25) is 10.0 Å². The lowest BCUT2D eigenvalue weighted by atomic mass is 10.1. The summed E-state index contributed by atoms with van der Waals surface area (Å²) in [5, 5.41) is 10.7. The minimum atomic E-state index is -0.788. The van der Waals surface area contributed by atoms with Crippen LogP contribution in [0.1, 0.15) is 50.3 Å². The number of aryl methyl sites for hydroxylation is 1. The maximum absolute atomic E-state index is 13.0. The smallest absolute Gasteiger partial charge is 0.362 e. The number of nitrogens with one attached hydrogen (secondary N) is 2. The highest BCUT2D eigenvalue weighted by molar-refractivity contribution is 6.32. The molecule has 8 rings (SSSR count). The standard InChI is InChI=1S/C42H34Cl2N6O7/c1-21(2)53-35-12-7-25(18-30(35)43)40-47-38(49-56-40)23-5-10-32-27(15-23)17-29(45-32)9-14-37(51)55-42(52)34-20-28-16-24(6-11-33(28)46-34)39-48-41(57-50-39)26-8-13-36(31(44)19-26)54-22(3)4/h5-8,10-13,15-22,45-46H,9,14H2,1-4H3. The van der Waals surface area contributed by atoms with E-state index in [1.54, 1.807) is 48.5 Å². The highest BCUT2D eigenvalue weighted by atomic mass is 35.5. The molecule has 0 saturated heterocycles. The van der Waals surface area contributed by atoms with Crippen molar-refractivity contribution < 1.29 is 32.8 Å². The third kappa shape index (κ3) is 8.25. The first-order valence-corrected chi connectivity index (χ1v) is 18.8. The number of carbonyl (C=O) groups is 2. The first-order valence-electron chi connectivity index (χ1n) is 18.1. The van der Waals surface area contributed by atoms with Crippen LogP contribution in [0.5, 0.6) is 11.5 Å². The van der Waals surface area contributed by atoms with Gasteiger partial charge >= 0.3 is 11.9 Å². The molecule has 0 unspecified atom stereocenters. The Morgan fingerprint density at radius 2 is 1.16 bits per heavy atom. The summed E-state index contributed by atoms with van der Waals surface area (Å²) in [6.45, 7) is 7.70. The van der Waals surface area contributed by atoms with Crippen LogP contribution in [-0.2, 0) is 16.0 Å². The Balaban J connectivity index is 0.881. The Labute approximate surface area is 335 Å². The lowest BCUT2D eigenvalue weighted by molar-refractivity contribution is -0.137. The van der Waals surface area contributed by atoms with Crippen molar-refractivity contribution in [1.29, 1.82) is 0 Å². The van der Waals surface area contributed by atoms with Crippen molar-refractivity contribution in [1.82, 2.24) is 30.2 Å². The normalized spacial score (nSPS) is 11.6. The maximum Gasteiger partial charge on any atom is 0.362 e. The third-order valence-corrected chi connectivity index (χ3v) is 9.36. The molecule has 13 nitrogen and oxygen atoms in total. The summed E-state index contributed by atoms with van der Waals surface area (Å²) in [5.74, 6) is 1.06. The predicted molar refractivity (Wildman–Crippen MR) is 214 cm³/mol. The SMILES string of the molecule is CC(C)Oc1ccc(-c2nc(-c3ccc4[nH]c(CCC(=O)OC(=O)c5cc6cc(-c7noc(-c8ccc(OC(C)C)c(Cl)c8)n7)ccc6[nH]5)cc4c3)no2)cc1Cl. The predicted octanol–water partition coefficient (Wildman–Crippen LogP) is 10.3. The zero-order chi connectivity index (χ0) is 39.8. The molecule has 0 saturated carbocycles. The number of esters is 2. The molecule has 15 heteroatoms. The zero-order valence-corrected chi connectivity index (χ0v) is 32.6. The van der Waals surface area contributed by atoms with E-state index in [9.17, 15) is 9.59 Å². The molecule has 4 aromatic heterocycles. The second-order valence-electron chi connectivity index (χ2n) is 13.8.